The zero-order valence-corrected chi connectivity index (χ0v) is 11.9. The van der Waals surface area contributed by atoms with Crippen LogP contribution in [0.15, 0.2) is 0 Å². The summed E-state index contributed by atoms with van der Waals surface area (Å²) in [5.74, 6) is -5.89. The molecule has 0 spiro atoms. The lowest BCUT2D eigenvalue weighted by molar-refractivity contribution is -0.178. The summed E-state index contributed by atoms with van der Waals surface area (Å²) in [5.41, 5.74) is 10.9. The molecule has 8 heteroatoms. The molecule has 0 aliphatic carbocycles. The second-order valence-electron chi connectivity index (χ2n) is 4.96. The minimum absolute atomic E-state index is 0.276. The molecule has 2 atom stereocenters. The molecule has 0 heterocycles. The summed E-state index contributed by atoms with van der Waals surface area (Å²) in [7, 11) is 0. The molecule has 0 unspecified atom stereocenters. The SMILES string of the molecule is CC(C)[C@H](N)C(=O)OC(=O)C(=O)OC(=O)[C@@H](N)C(C)C. The first kappa shape index (κ1) is 18.2. The molecule has 0 saturated carbocycles. The van der Waals surface area contributed by atoms with Gasteiger partial charge in [-0.2, -0.15) is 0 Å². The maximum absolute atomic E-state index is 11.3. The van der Waals surface area contributed by atoms with Crippen molar-refractivity contribution in [3.8, 4) is 0 Å². The van der Waals surface area contributed by atoms with Gasteiger partial charge in [-0.1, -0.05) is 27.7 Å². The van der Waals surface area contributed by atoms with Gasteiger partial charge in [0.15, 0.2) is 0 Å². The molecule has 0 aromatic heterocycles. The molecular weight excluding hydrogens is 268 g/mol. The van der Waals surface area contributed by atoms with Crippen LogP contribution in [0, 0.1) is 11.8 Å². The predicted octanol–water partition coefficient (Wildman–Crippen LogP) is -0.907. The van der Waals surface area contributed by atoms with Gasteiger partial charge in [0.2, 0.25) is 0 Å². The zero-order chi connectivity index (χ0) is 16.0. The van der Waals surface area contributed by atoms with Crippen molar-refractivity contribution in [1.29, 1.82) is 0 Å². The molecular formula is C12H20N2O6. The van der Waals surface area contributed by atoms with Gasteiger partial charge in [0.05, 0.1) is 0 Å². The van der Waals surface area contributed by atoms with E-state index in [0.717, 1.165) is 0 Å². The molecule has 0 aliphatic heterocycles. The Morgan fingerprint density at radius 1 is 0.700 bits per heavy atom. The van der Waals surface area contributed by atoms with Crippen molar-refractivity contribution in [3.05, 3.63) is 0 Å². The van der Waals surface area contributed by atoms with Crippen LogP contribution >= 0.6 is 0 Å². The van der Waals surface area contributed by atoms with Gasteiger partial charge in [-0.05, 0) is 11.8 Å². The Kier molecular flexibility index (Phi) is 7.01. The smallest absolute Gasteiger partial charge is 0.383 e. The van der Waals surface area contributed by atoms with E-state index < -0.39 is 36.0 Å². The Bertz CT molecular complexity index is 367. The summed E-state index contributed by atoms with van der Waals surface area (Å²) in [6.07, 6.45) is 0. The lowest BCUT2D eigenvalue weighted by atomic mass is 10.1. The fourth-order valence-corrected chi connectivity index (χ4v) is 0.946. The Labute approximate surface area is 116 Å². The molecule has 0 aromatic carbocycles. The highest BCUT2D eigenvalue weighted by Crippen LogP contribution is 2.03. The van der Waals surface area contributed by atoms with Gasteiger partial charge >= 0.3 is 23.9 Å². The molecule has 20 heavy (non-hydrogen) atoms. The standard InChI is InChI=1S/C12H20N2O6/c1-5(2)7(13)9(15)19-11(17)12(18)20-10(16)8(14)6(3)4/h5-8H,13-14H2,1-4H3/t7-,8-/m0/s1. The molecule has 0 bridgehead atoms. The summed E-state index contributed by atoms with van der Waals surface area (Å²) in [6, 6.07) is -2.11. The normalized spacial score (nSPS) is 13.8. The van der Waals surface area contributed by atoms with E-state index in [-0.39, 0.29) is 11.8 Å². The molecule has 0 amide bonds. The van der Waals surface area contributed by atoms with Crippen molar-refractivity contribution in [2.24, 2.45) is 23.3 Å². The topological polar surface area (TPSA) is 139 Å². The average molecular weight is 288 g/mol. The van der Waals surface area contributed by atoms with E-state index in [1.54, 1.807) is 27.7 Å². The van der Waals surface area contributed by atoms with Crippen LogP contribution < -0.4 is 11.5 Å². The first-order valence-corrected chi connectivity index (χ1v) is 6.10. The summed E-state index contributed by atoms with van der Waals surface area (Å²) >= 11 is 0. The van der Waals surface area contributed by atoms with Gasteiger partial charge in [-0.15, -0.1) is 0 Å². The minimum Gasteiger partial charge on any atom is -0.383 e. The lowest BCUT2D eigenvalue weighted by Crippen LogP contribution is -2.42. The fraction of sp³-hybridized carbons (Fsp3) is 0.667. The third-order valence-corrected chi connectivity index (χ3v) is 2.53. The Morgan fingerprint density at radius 2 is 0.950 bits per heavy atom. The number of carbonyl (C=O) groups excluding carboxylic acids is 4. The molecule has 0 aliphatic rings. The van der Waals surface area contributed by atoms with E-state index in [1.807, 2.05) is 0 Å². The Hall–Kier alpha value is -1.80. The second kappa shape index (κ2) is 7.71. The molecule has 114 valence electrons. The number of esters is 4. The average Bonchev–Trinajstić information content (AvgIpc) is 2.35. The van der Waals surface area contributed by atoms with Crippen LogP contribution in [-0.2, 0) is 28.7 Å². The monoisotopic (exact) mass is 288 g/mol. The number of nitrogens with two attached hydrogens (primary N) is 2. The van der Waals surface area contributed by atoms with Crippen molar-refractivity contribution in [2.75, 3.05) is 0 Å². The number of ether oxygens (including phenoxy) is 2. The third kappa shape index (κ3) is 5.45. The summed E-state index contributed by atoms with van der Waals surface area (Å²) < 4.78 is 8.41. The van der Waals surface area contributed by atoms with Crippen LogP contribution in [0.3, 0.4) is 0 Å². The van der Waals surface area contributed by atoms with Crippen LogP contribution in [0.5, 0.6) is 0 Å². The van der Waals surface area contributed by atoms with Crippen molar-refractivity contribution >= 4 is 23.9 Å². The van der Waals surface area contributed by atoms with E-state index in [4.69, 9.17) is 11.5 Å². The van der Waals surface area contributed by atoms with E-state index in [1.165, 1.54) is 0 Å². The van der Waals surface area contributed by atoms with Gasteiger partial charge in [0, 0.05) is 0 Å². The first-order valence-electron chi connectivity index (χ1n) is 6.10. The van der Waals surface area contributed by atoms with Crippen molar-refractivity contribution < 1.29 is 28.7 Å². The van der Waals surface area contributed by atoms with Crippen LogP contribution in [0.1, 0.15) is 27.7 Å². The van der Waals surface area contributed by atoms with Gasteiger partial charge in [-0.3, -0.25) is 0 Å². The van der Waals surface area contributed by atoms with Crippen molar-refractivity contribution in [2.45, 2.75) is 39.8 Å². The fourth-order valence-electron chi connectivity index (χ4n) is 0.946. The molecule has 0 rings (SSSR count). The van der Waals surface area contributed by atoms with Crippen molar-refractivity contribution in [1.82, 2.24) is 0 Å². The Balaban J connectivity index is 4.47. The summed E-state index contributed by atoms with van der Waals surface area (Å²) in [6.45, 7) is 6.56. The molecule has 0 fully saturated rings. The number of hydrogen-bond acceptors (Lipinski definition) is 8. The number of rotatable bonds is 4. The number of hydrogen-bond donors (Lipinski definition) is 2. The summed E-state index contributed by atoms with van der Waals surface area (Å²) in [5, 5.41) is 0. The molecule has 0 saturated heterocycles. The van der Waals surface area contributed by atoms with E-state index in [0.29, 0.717) is 0 Å². The van der Waals surface area contributed by atoms with Crippen molar-refractivity contribution in [3.63, 3.8) is 0 Å². The third-order valence-electron chi connectivity index (χ3n) is 2.53. The number of carbonyl (C=O) groups is 4. The van der Waals surface area contributed by atoms with Gasteiger partial charge in [-0.25, -0.2) is 19.2 Å². The van der Waals surface area contributed by atoms with E-state index in [2.05, 4.69) is 9.47 Å². The van der Waals surface area contributed by atoms with Crippen LogP contribution in [-0.4, -0.2) is 36.0 Å². The minimum atomic E-state index is -1.60. The maximum atomic E-state index is 11.3. The van der Waals surface area contributed by atoms with Crippen LogP contribution in [0.2, 0.25) is 0 Å². The summed E-state index contributed by atoms with van der Waals surface area (Å²) in [4.78, 5) is 45.2. The molecule has 0 radical (unpaired) electrons. The zero-order valence-electron chi connectivity index (χ0n) is 11.9. The van der Waals surface area contributed by atoms with Gasteiger partial charge in [0.25, 0.3) is 0 Å². The molecule has 8 nitrogen and oxygen atoms in total. The highest BCUT2D eigenvalue weighted by atomic mass is 16.6. The molecule has 0 aromatic rings. The van der Waals surface area contributed by atoms with Gasteiger partial charge in [0.1, 0.15) is 12.1 Å². The van der Waals surface area contributed by atoms with Gasteiger partial charge < -0.3 is 20.9 Å². The van der Waals surface area contributed by atoms with Crippen LogP contribution in [0.25, 0.3) is 0 Å². The largest absolute Gasteiger partial charge is 0.425 e. The van der Waals surface area contributed by atoms with E-state index >= 15 is 0 Å². The van der Waals surface area contributed by atoms with E-state index in [9.17, 15) is 19.2 Å². The highest BCUT2D eigenvalue weighted by Gasteiger charge is 2.30. The van der Waals surface area contributed by atoms with Crippen LogP contribution in [0.4, 0.5) is 0 Å². The quantitative estimate of drug-likeness (QED) is 0.385. The Morgan fingerprint density at radius 3 is 1.15 bits per heavy atom. The second-order valence-corrected chi connectivity index (χ2v) is 4.96. The first-order chi connectivity index (χ1) is 9.07. The predicted molar refractivity (Wildman–Crippen MR) is 67.8 cm³/mol. The maximum Gasteiger partial charge on any atom is 0.425 e. The lowest BCUT2D eigenvalue weighted by Gasteiger charge is -2.14. The molecule has 4 N–H and O–H groups in total. The highest BCUT2D eigenvalue weighted by molar-refractivity contribution is 6.33.